The molecule has 0 saturated carbocycles. The van der Waals surface area contributed by atoms with E-state index >= 15 is 0 Å². The highest BCUT2D eigenvalue weighted by atomic mass is 16.5. The molecule has 0 spiro atoms. The van der Waals surface area contributed by atoms with Crippen LogP contribution in [0.5, 0.6) is 0 Å². The molecule has 0 N–H and O–H groups in total. The number of benzene rings is 1. The lowest BCUT2D eigenvalue weighted by molar-refractivity contribution is 0.188. The molecule has 96 valence electrons. The van der Waals surface area contributed by atoms with Crippen molar-refractivity contribution in [3.63, 3.8) is 0 Å². The first-order chi connectivity index (χ1) is 8.79. The van der Waals surface area contributed by atoms with Gasteiger partial charge in [-0.2, -0.15) is 0 Å². The molecule has 0 atom stereocenters. The van der Waals surface area contributed by atoms with Crippen LogP contribution in [0.2, 0.25) is 0 Å². The third-order valence-electron chi connectivity index (χ3n) is 2.81. The van der Waals surface area contributed by atoms with E-state index in [0.29, 0.717) is 0 Å². The van der Waals surface area contributed by atoms with Gasteiger partial charge in [-0.25, -0.2) is 4.68 Å². The average molecular weight is 246 g/mol. The Balaban J connectivity index is 2.00. The molecular weight excluding hydrogens is 228 g/mol. The van der Waals surface area contributed by atoms with E-state index in [9.17, 15) is 0 Å². The highest BCUT2D eigenvalue weighted by Gasteiger charge is 2.06. The SMILES string of the molecule is COCCCn1nnnc1Cc1ccc(C)cc1. The van der Waals surface area contributed by atoms with Gasteiger partial charge in [0.2, 0.25) is 0 Å². The third-order valence-corrected chi connectivity index (χ3v) is 2.81. The molecule has 0 amide bonds. The third kappa shape index (κ3) is 3.37. The van der Waals surface area contributed by atoms with Crippen molar-refractivity contribution in [1.29, 1.82) is 0 Å². The van der Waals surface area contributed by atoms with E-state index in [1.807, 2.05) is 4.68 Å². The van der Waals surface area contributed by atoms with Gasteiger partial charge in [-0.05, 0) is 29.3 Å². The van der Waals surface area contributed by atoms with Gasteiger partial charge < -0.3 is 4.74 Å². The molecule has 0 unspecified atom stereocenters. The molecular formula is C13H18N4O. The van der Waals surface area contributed by atoms with Crippen molar-refractivity contribution in [2.24, 2.45) is 0 Å². The fourth-order valence-electron chi connectivity index (χ4n) is 1.77. The zero-order chi connectivity index (χ0) is 12.8. The molecule has 0 fully saturated rings. The van der Waals surface area contributed by atoms with Crippen LogP contribution >= 0.6 is 0 Å². The fraction of sp³-hybridized carbons (Fsp3) is 0.462. The normalized spacial score (nSPS) is 10.8. The number of aromatic nitrogens is 4. The zero-order valence-corrected chi connectivity index (χ0v) is 10.8. The smallest absolute Gasteiger partial charge is 0.155 e. The summed E-state index contributed by atoms with van der Waals surface area (Å²) in [5, 5.41) is 11.8. The van der Waals surface area contributed by atoms with E-state index < -0.39 is 0 Å². The molecule has 0 radical (unpaired) electrons. The lowest BCUT2D eigenvalue weighted by atomic mass is 10.1. The van der Waals surface area contributed by atoms with Crippen LogP contribution in [0.3, 0.4) is 0 Å². The maximum Gasteiger partial charge on any atom is 0.155 e. The minimum atomic E-state index is 0.726. The molecule has 5 heteroatoms. The van der Waals surface area contributed by atoms with Crippen molar-refractivity contribution in [1.82, 2.24) is 20.2 Å². The maximum atomic E-state index is 5.03. The molecule has 0 bridgehead atoms. The highest BCUT2D eigenvalue weighted by molar-refractivity contribution is 5.23. The monoisotopic (exact) mass is 246 g/mol. The molecule has 18 heavy (non-hydrogen) atoms. The van der Waals surface area contributed by atoms with Gasteiger partial charge in [0.1, 0.15) is 0 Å². The van der Waals surface area contributed by atoms with Gasteiger partial charge in [-0.15, -0.1) is 5.10 Å². The number of ether oxygens (including phenoxy) is 1. The molecule has 0 aliphatic rings. The standard InChI is InChI=1S/C13H18N4O/c1-11-4-6-12(7-5-11)10-13-14-15-16-17(13)8-3-9-18-2/h4-7H,3,8-10H2,1-2H3. The topological polar surface area (TPSA) is 52.8 Å². The first-order valence-corrected chi connectivity index (χ1v) is 6.09. The first kappa shape index (κ1) is 12.7. The van der Waals surface area contributed by atoms with Crippen LogP contribution in [0, 0.1) is 6.92 Å². The largest absolute Gasteiger partial charge is 0.385 e. The second-order valence-corrected chi connectivity index (χ2v) is 4.33. The summed E-state index contributed by atoms with van der Waals surface area (Å²) in [6, 6.07) is 8.44. The Morgan fingerprint density at radius 2 is 2.00 bits per heavy atom. The summed E-state index contributed by atoms with van der Waals surface area (Å²) in [5.41, 5.74) is 2.49. The Labute approximate surface area is 107 Å². The summed E-state index contributed by atoms with van der Waals surface area (Å²) >= 11 is 0. The van der Waals surface area contributed by atoms with Crippen molar-refractivity contribution >= 4 is 0 Å². The van der Waals surface area contributed by atoms with Gasteiger partial charge in [0.05, 0.1) is 0 Å². The number of nitrogens with zero attached hydrogens (tertiary/aromatic N) is 4. The molecule has 5 nitrogen and oxygen atoms in total. The highest BCUT2D eigenvalue weighted by Crippen LogP contribution is 2.08. The predicted octanol–water partition coefficient (Wildman–Crippen LogP) is 1.61. The summed E-state index contributed by atoms with van der Waals surface area (Å²) in [6.45, 7) is 3.60. The fourth-order valence-corrected chi connectivity index (χ4v) is 1.77. The maximum absolute atomic E-state index is 5.03. The van der Waals surface area contributed by atoms with E-state index in [4.69, 9.17) is 4.74 Å². The van der Waals surface area contributed by atoms with Crippen LogP contribution in [0.1, 0.15) is 23.4 Å². The Kier molecular flexibility index (Phi) is 4.41. The summed E-state index contributed by atoms with van der Waals surface area (Å²) in [7, 11) is 1.70. The molecule has 2 aromatic rings. The Morgan fingerprint density at radius 1 is 1.22 bits per heavy atom. The van der Waals surface area contributed by atoms with Gasteiger partial charge in [0.25, 0.3) is 0 Å². The molecule has 0 saturated heterocycles. The molecule has 1 aromatic carbocycles. The predicted molar refractivity (Wildman–Crippen MR) is 68.3 cm³/mol. The van der Waals surface area contributed by atoms with Gasteiger partial charge in [0.15, 0.2) is 5.82 Å². The number of hydrogen-bond acceptors (Lipinski definition) is 4. The number of tetrazole rings is 1. The summed E-state index contributed by atoms with van der Waals surface area (Å²) in [5.74, 6) is 0.898. The van der Waals surface area contributed by atoms with Gasteiger partial charge in [-0.3, -0.25) is 0 Å². The Bertz CT molecular complexity index is 478. The van der Waals surface area contributed by atoms with Crippen molar-refractivity contribution in [3.8, 4) is 0 Å². The molecule has 0 aliphatic carbocycles. The Hall–Kier alpha value is -1.75. The molecule has 0 aliphatic heterocycles. The van der Waals surface area contributed by atoms with E-state index in [-0.39, 0.29) is 0 Å². The molecule has 1 aromatic heterocycles. The van der Waals surface area contributed by atoms with Crippen LogP contribution < -0.4 is 0 Å². The van der Waals surface area contributed by atoms with Crippen LogP contribution in [-0.4, -0.2) is 33.9 Å². The minimum absolute atomic E-state index is 0.726. The van der Waals surface area contributed by atoms with E-state index in [0.717, 1.165) is 31.8 Å². The number of methoxy groups -OCH3 is 1. The van der Waals surface area contributed by atoms with Crippen molar-refractivity contribution < 1.29 is 4.74 Å². The second kappa shape index (κ2) is 6.26. The van der Waals surface area contributed by atoms with Crippen molar-refractivity contribution in [3.05, 3.63) is 41.2 Å². The second-order valence-electron chi connectivity index (χ2n) is 4.33. The van der Waals surface area contributed by atoms with Gasteiger partial charge in [0, 0.05) is 26.7 Å². The zero-order valence-electron chi connectivity index (χ0n) is 10.8. The summed E-state index contributed by atoms with van der Waals surface area (Å²) < 4.78 is 6.88. The van der Waals surface area contributed by atoms with Crippen LogP contribution in [0.15, 0.2) is 24.3 Å². The first-order valence-electron chi connectivity index (χ1n) is 6.09. The van der Waals surface area contributed by atoms with E-state index in [1.165, 1.54) is 11.1 Å². The minimum Gasteiger partial charge on any atom is -0.385 e. The van der Waals surface area contributed by atoms with E-state index in [1.54, 1.807) is 7.11 Å². The van der Waals surface area contributed by atoms with Gasteiger partial charge >= 0.3 is 0 Å². The van der Waals surface area contributed by atoms with Crippen LogP contribution in [0.4, 0.5) is 0 Å². The summed E-state index contributed by atoms with van der Waals surface area (Å²) in [4.78, 5) is 0. The number of rotatable bonds is 6. The lowest BCUT2D eigenvalue weighted by Gasteiger charge is -2.04. The quantitative estimate of drug-likeness (QED) is 0.727. The molecule has 1 heterocycles. The van der Waals surface area contributed by atoms with Crippen molar-refractivity contribution in [2.45, 2.75) is 26.3 Å². The average Bonchev–Trinajstić information content (AvgIpc) is 2.80. The number of hydrogen-bond donors (Lipinski definition) is 0. The summed E-state index contributed by atoms with van der Waals surface area (Å²) in [6.07, 6.45) is 1.68. The van der Waals surface area contributed by atoms with Crippen LogP contribution in [0.25, 0.3) is 0 Å². The van der Waals surface area contributed by atoms with Crippen molar-refractivity contribution in [2.75, 3.05) is 13.7 Å². The Morgan fingerprint density at radius 3 is 2.72 bits per heavy atom. The molecule has 2 rings (SSSR count). The van der Waals surface area contributed by atoms with E-state index in [2.05, 4.69) is 46.7 Å². The van der Waals surface area contributed by atoms with Gasteiger partial charge in [-0.1, -0.05) is 29.8 Å². The number of aryl methyl sites for hydroxylation is 2. The lowest BCUT2D eigenvalue weighted by Crippen LogP contribution is -2.08. The van der Waals surface area contributed by atoms with Crippen LogP contribution in [-0.2, 0) is 17.7 Å².